The molecule has 2 fully saturated rings. The molecule has 2 bridgehead atoms. The van der Waals surface area contributed by atoms with Crippen molar-refractivity contribution >= 4 is 6.03 Å². The molecule has 2 aliphatic rings. The Morgan fingerprint density at radius 2 is 2.28 bits per heavy atom. The minimum atomic E-state index is -0.635. The molecule has 3 rings (SSSR count). The molecule has 0 saturated carbocycles. The van der Waals surface area contributed by atoms with E-state index in [1.807, 2.05) is 0 Å². The molecule has 0 spiro atoms. The smallest absolute Gasteiger partial charge is 0.314 e. The van der Waals surface area contributed by atoms with Crippen molar-refractivity contribution in [1.82, 2.24) is 10.2 Å². The first kappa shape index (κ1) is 17.5. The summed E-state index contributed by atoms with van der Waals surface area (Å²) in [6, 6.07) is 8.47. The van der Waals surface area contributed by atoms with Gasteiger partial charge in [0, 0.05) is 25.0 Å². The number of aliphatic hydroxyl groups excluding tert-OH is 1. The highest BCUT2D eigenvalue weighted by atomic mass is 16.5. The zero-order chi connectivity index (χ0) is 17.9. The number of primary amides is 1. The van der Waals surface area contributed by atoms with Crippen LogP contribution in [0.3, 0.4) is 0 Å². The lowest BCUT2D eigenvalue weighted by molar-refractivity contribution is -0.0103. The van der Waals surface area contributed by atoms with E-state index in [-0.39, 0.29) is 18.1 Å². The Kier molecular flexibility index (Phi) is 5.11. The molecular weight excluding hydrogens is 320 g/mol. The molecular formula is C18H24N4O3. The van der Waals surface area contributed by atoms with Crippen molar-refractivity contribution in [1.29, 1.82) is 5.26 Å². The zero-order valence-electron chi connectivity index (χ0n) is 14.1. The molecule has 7 heteroatoms. The van der Waals surface area contributed by atoms with Crippen molar-refractivity contribution in [3.8, 4) is 11.8 Å². The topological polar surface area (TPSA) is 112 Å². The monoisotopic (exact) mass is 344 g/mol. The molecule has 3 atom stereocenters. The van der Waals surface area contributed by atoms with Gasteiger partial charge >= 0.3 is 6.03 Å². The molecule has 4 N–H and O–H groups in total. The number of hydrogen-bond acceptors (Lipinski definition) is 5. The van der Waals surface area contributed by atoms with Crippen molar-refractivity contribution in [3.63, 3.8) is 0 Å². The summed E-state index contributed by atoms with van der Waals surface area (Å²) < 4.78 is 5.63. The SMILES string of the molecule is N#Cc1ccc(OCC(O)CC23CNCC(CN(C(N)=O)C2)C3)cc1. The predicted octanol–water partition coefficient (Wildman–Crippen LogP) is 0.678. The number of nitrogens with zero attached hydrogens (tertiary/aromatic N) is 2. The number of nitrogens with two attached hydrogens (primary N) is 1. The number of nitrogens with one attached hydrogen (secondary N) is 1. The first-order chi connectivity index (χ1) is 12.0. The summed E-state index contributed by atoms with van der Waals surface area (Å²) in [6.07, 6.45) is 0.901. The van der Waals surface area contributed by atoms with E-state index >= 15 is 0 Å². The number of fused-ring (bicyclic) bond motifs is 2. The fourth-order valence-corrected chi connectivity index (χ4v) is 4.09. The highest BCUT2D eigenvalue weighted by molar-refractivity contribution is 5.72. The molecule has 0 aliphatic carbocycles. The van der Waals surface area contributed by atoms with Gasteiger partial charge in [-0.3, -0.25) is 0 Å². The third-order valence-electron chi connectivity index (χ3n) is 5.07. The van der Waals surface area contributed by atoms with Crippen molar-refractivity contribution < 1.29 is 14.6 Å². The van der Waals surface area contributed by atoms with Crippen LogP contribution in [0.2, 0.25) is 0 Å². The maximum atomic E-state index is 11.6. The van der Waals surface area contributed by atoms with Crippen LogP contribution >= 0.6 is 0 Å². The molecule has 1 aromatic rings. The van der Waals surface area contributed by atoms with E-state index in [9.17, 15) is 9.90 Å². The van der Waals surface area contributed by atoms with E-state index in [0.29, 0.717) is 36.7 Å². The minimum absolute atomic E-state index is 0.163. The average molecular weight is 344 g/mol. The number of rotatable bonds is 5. The van der Waals surface area contributed by atoms with Crippen molar-refractivity contribution in [2.24, 2.45) is 17.1 Å². The largest absolute Gasteiger partial charge is 0.491 e. The Morgan fingerprint density at radius 3 is 2.96 bits per heavy atom. The van der Waals surface area contributed by atoms with Gasteiger partial charge in [0.25, 0.3) is 0 Å². The fraction of sp³-hybridized carbons (Fsp3) is 0.556. The average Bonchev–Trinajstić information content (AvgIpc) is 2.59. The van der Waals surface area contributed by atoms with Gasteiger partial charge in [0.2, 0.25) is 0 Å². The minimum Gasteiger partial charge on any atom is -0.491 e. The fourth-order valence-electron chi connectivity index (χ4n) is 4.09. The van der Waals surface area contributed by atoms with Crippen LogP contribution in [0.1, 0.15) is 18.4 Å². The molecule has 1 aromatic carbocycles. The number of hydrogen-bond donors (Lipinski definition) is 3. The summed E-state index contributed by atoms with van der Waals surface area (Å²) in [7, 11) is 0. The molecule has 7 nitrogen and oxygen atoms in total. The molecule has 2 aliphatic heterocycles. The van der Waals surface area contributed by atoms with E-state index in [0.717, 1.165) is 19.5 Å². The number of amides is 2. The molecule has 2 amide bonds. The normalized spacial score (nSPS) is 26.6. The van der Waals surface area contributed by atoms with Gasteiger partial charge in [0.05, 0.1) is 17.7 Å². The van der Waals surface area contributed by atoms with Crippen LogP contribution in [0, 0.1) is 22.7 Å². The van der Waals surface area contributed by atoms with Crippen LogP contribution < -0.4 is 15.8 Å². The Bertz CT molecular complexity index is 657. The van der Waals surface area contributed by atoms with E-state index in [1.165, 1.54) is 0 Å². The number of likely N-dealkylation sites (tertiary alicyclic amines) is 1. The Morgan fingerprint density at radius 1 is 1.52 bits per heavy atom. The summed E-state index contributed by atoms with van der Waals surface area (Å²) in [5.41, 5.74) is 5.88. The molecule has 134 valence electrons. The summed E-state index contributed by atoms with van der Waals surface area (Å²) >= 11 is 0. The zero-order valence-corrected chi connectivity index (χ0v) is 14.1. The van der Waals surface area contributed by atoms with E-state index < -0.39 is 6.10 Å². The maximum absolute atomic E-state index is 11.6. The van der Waals surface area contributed by atoms with Gasteiger partial charge in [-0.1, -0.05) is 0 Å². The van der Waals surface area contributed by atoms with Gasteiger partial charge in [-0.2, -0.15) is 5.26 Å². The van der Waals surface area contributed by atoms with Crippen molar-refractivity contribution in [2.45, 2.75) is 18.9 Å². The van der Waals surface area contributed by atoms with Crippen LogP contribution in [-0.4, -0.2) is 54.9 Å². The van der Waals surface area contributed by atoms with Gasteiger partial charge in [0.15, 0.2) is 0 Å². The quantitative estimate of drug-likeness (QED) is 0.727. The lowest BCUT2D eigenvalue weighted by Gasteiger charge is -2.50. The second-order valence-electron chi connectivity index (χ2n) is 7.22. The van der Waals surface area contributed by atoms with Crippen molar-refractivity contribution in [2.75, 3.05) is 32.8 Å². The van der Waals surface area contributed by atoms with Gasteiger partial charge in [0.1, 0.15) is 12.4 Å². The van der Waals surface area contributed by atoms with Gasteiger partial charge in [-0.15, -0.1) is 0 Å². The number of nitriles is 1. The summed E-state index contributed by atoms with van der Waals surface area (Å²) in [5, 5.41) is 22.7. The summed E-state index contributed by atoms with van der Waals surface area (Å²) in [5.74, 6) is 0.999. The van der Waals surface area contributed by atoms with E-state index in [2.05, 4.69) is 11.4 Å². The van der Waals surface area contributed by atoms with Crippen LogP contribution in [0.25, 0.3) is 0 Å². The van der Waals surface area contributed by atoms with Gasteiger partial charge < -0.3 is 25.8 Å². The Labute approximate surface area is 147 Å². The van der Waals surface area contributed by atoms with Crippen LogP contribution in [0.4, 0.5) is 4.79 Å². The number of ether oxygens (including phenoxy) is 1. The Balaban J connectivity index is 1.57. The Hall–Kier alpha value is -2.30. The molecule has 0 aromatic heterocycles. The first-order valence-electron chi connectivity index (χ1n) is 8.56. The lowest BCUT2D eigenvalue weighted by atomic mass is 9.69. The number of carbonyl (C=O) groups is 1. The van der Waals surface area contributed by atoms with Crippen LogP contribution in [0.15, 0.2) is 24.3 Å². The first-order valence-corrected chi connectivity index (χ1v) is 8.56. The number of carbonyl (C=O) groups excluding carboxylic acids is 1. The summed E-state index contributed by atoms with van der Waals surface area (Å²) in [6.45, 7) is 3.07. The van der Waals surface area contributed by atoms with E-state index in [1.54, 1.807) is 29.2 Å². The molecule has 2 heterocycles. The second kappa shape index (κ2) is 7.30. The molecule has 2 saturated heterocycles. The number of urea groups is 1. The maximum Gasteiger partial charge on any atom is 0.314 e. The molecule has 0 radical (unpaired) electrons. The standard InChI is InChI=1S/C18H24N4O3/c19-7-13-1-3-16(4-2-13)25-10-15(23)6-18-5-14(8-21-11-18)9-22(12-18)17(20)24/h1-4,14-15,21,23H,5-6,8-12H2,(H2,20,24). The predicted molar refractivity (Wildman–Crippen MR) is 91.8 cm³/mol. The summed E-state index contributed by atoms with van der Waals surface area (Å²) in [4.78, 5) is 13.3. The highest BCUT2D eigenvalue weighted by Gasteiger charge is 2.44. The van der Waals surface area contributed by atoms with E-state index in [4.69, 9.17) is 15.7 Å². The third-order valence-corrected chi connectivity index (χ3v) is 5.07. The number of benzene rings is 1. The number of piperidine rings is 2. The molecule has 3 unspecified atom stereocenters. The van der Waals surface area contributed by atoms with Gasteiger partial charge in [-0.05, 0) is 49.6 Å². The van der Waals surface area contributed by atoms with Crippen LogP contribution in [0.5, 0.6) is 5.75 Å². The van der Waals surface area contributed by atoms with Crippen LogP contribution in [-0.2, 0) is 0 Å². The van der Waals surface area contributed by atoms with Crippen molar-refractivity contribution in [3.05, 3.63) is 29.8 Å². The second-order valence-corrected chi connectivity index (χ2v) is 7.22. The lowest BCUT2D eigenvalue weighted by Crippen LogP contribution is -2.60. The van der Waals surface area contributed by atoms with Gasteiger partial charge in [-0.25, -0.2) is 4.79 Å². The highest BCUT2D eigenvalue weighted by Crippen LogP contribution is 2.39. The third kappa shape index (κ3) is 4.21. The number of aliphatic hydroxyl groups is 1. The molecule has 25 heavy (non-hydrogen) atoms.